The first-order valence-corrected chi connectivity index (χ1v) is 6.18. The first-order valence-electron chi connectivity index (χ1n) is 5.24. The number of nitrogens with zero attached hydrogens (tertiary/aromatic N) is 1. The van der Waals surface area contributed by atoms with Crippen LogP contribution in [0.15, 0.2) is 21.8 Å². The Bertz CT molecular complexity index is 293. The fourth-order valence-corrected chi connectivity index (χ4v) is 1.78. The average Bonchev–Trinajstić information content (AvgIpc) is 2.76. The number of guanidine groups is 1. The van der Waals surface area contributed by atoms with E-state index in [-0.39, 0.29) is 0 Å². The third-order valence-electron chi connectivity index (χ3n) is 2.26. The summed E-state index contributed by atoms with van der Waals surface area (Å²) in [6, 6.07) is 2.58. The molecule has 0 fully saturated rings. The number of rotatable bonds is 4. The summed E-state index contributed by atoms with van der Waals surface area (Å²) in [7, 11) is 1.80. The van der Waals surface area contributed by atoms with Crippen molar-refractivity contribution in [1.29, 1.82) is 0 Å². The van der Waals surface area contributed by atoms with Crippen LogP contribution in [0.3, 0.4) is 0 Å². The van der Waals surface area contributed by atoms with Crippen LogP contribution in [0, 0.1) is 0 Å². The largest absolute Gasteiger partial charge is 0.354 e. The number of hydrogen-bond acceptors (Lipinski definition) is 2. The molecule has 3 nitrogen and oxygen atoms in total. The zero-order chi connectivity index (χ0) is 11.1. The predicted molar refractivity (Wildman–Crippen MR) is 67.4 cm³/mol. The van der Waals surface area contributed by atoms with E-state index in [0.29, 0.717) is 6.04 Å². The Labute approximate surface area is 95.6 Å². The van der Waals surface area contributed by atoms with Crippen LogP contribution in [0.4, 0.5) is 0 Å². The van der Waals surface area contributed by atoms with Crippen LogP contribution in [-0.4, -0.2) is 19.0 Å². The Hall–Kier alpha value is -1.03. The van der Waals surface area contributed by atoms with Crippen molar-refractivity contribution in [3.63, 3.8) is 0 Å². The zero-order valence-corrected chi connectivity index (χ0v) is 10.4. The third-order valence-corrected chi connectivity index (χ3v) is 2.99. The zero-order valence-electron chi connectivity index (χ0n) is 9.58. The number of nitrogens with one attached hydrogen (secondary N) is 2. The minimum atomic E-state index is 0.457. The molecule has 0 bridgehead atoms. The van der Waals surface area contributed by atoms with Crippen molar-refractivity contribution >= 4 is 17.3 Å². The lowest BCUT2D eigenvalue weighted by molar-refractivity contribution is 0.624. The highest BCUT2D eigenvalue weighted by Crippen LogP contribution is 2.04. The van der Waals surface area contributed by atoms with Gasteiger partial charge in [0.1, 0.15) is 0 Å². The summed E-state index contributed by atoms with van der Waals surface area (Å²) in [4.78, 5) is 4.17. The Morgan fingerprint density at radius 1 is 1.60 bits per heavy atom. The van der Waals surface area contributed by atoms with Gasteiger partial charge in [0.25, 0.3) is 0 Å². The van der Waals surface area contributed by atoms with E-state index in [1.54, 1.807) is 18.4 Å². The lowest BCUT2D eigenvalue weighted by Crippen LogP contribution is -2.41. The summed E-state index contributed by atoms with van der Waals surface area (Å²) in [5.41, 5.74) is 1.30. The maximum Gasteiger partial charge on any atom is 0.191 e. The molecule has 1 rings (SSSR count). The summed E-state index contributed by atoms with van der Waals surface area (Å²) in [5, 5.41) is 10.8. The lowest BCUT2D eigenvalue weighted by atomic mass is 10.3. The van der Waals surface area contributed by atoms with Crippen molar-refractivity contribution in [2.75, 3.05) is 7.05 Å². The van der Waals surface area contributed by atoms with E-state index >= 15 is 0 Å². The molecule has 1 atom stereocenters. The molecule has 1 unspecified atom stereocenters. The first kappa shape index (κ1) is 12.0. The van der Waals surface area contributed by atoms with E-state index < -0.39 is 0 Å². The first-order chi connectivity index (χ1) is 7.26. The number of aliphatic imine (C=N–C) groups is 1. The van der Waals surface area contributed by atoms with Gasteiger partial charge in [-0.1, -0.05) is 6.92 Å². The molecule has 1 aromatic rings. The van der Waals surface area contributed by atoms with Gasteiger partial charge in [-0.15, -0.1) is 0 Å². The Morgan fingerprint density at radius 3 is 2.93 bits per heavy atom. The smallest absolute Gasteiger partial charge is 0.191 e. The van der Waals surface area contributed by atoms with E-state index in [2.05, 4.69) is 46.3 Å². The monoisotopic (exact) mass is 225 g/mol. The second-order valence-electron chi connectivity index (χ2n) is 3.51. The highest BCUT2D eigenvalue weighted by Gasteiger charge is 2.02. The highest BCUT2D eigenvalue weighted by molar-refractivity contribution is 7.07. The van der Waals surface area contributed by atoms with Gasteiger partial charge in [-0.05, 0) is 35.7 Å². The molecule has 4 heteroatoms. The fraction of sp³-hybridized carbons (Fsp3) is 0.545. The van der Waals surface area contributed by atoms with Crippen molar-refractivity contribution < 1.29 is 0 Å². The molecule has 0 aliphatic heterocycles. The molecule has 2 N–H and O–H groups in total. The minimum absolute atomic E-state index is 0.457. The topological polar surface area (TPSA) is 36.4 Å². The van der Waals surface area contributed by atoms with E-state index in [0.717, 1.165) is 18.9 Å². The van der Waals surface area contributed by atoms with Gasteiger partial charge >= 0.3 is 0 Å². The molecule has 15 heavy (non-hydrogen) atoms. The van der Waals surface area contributed by atoms with Crippen LogP contribution in [-0.2, 0) is 6.54 Å². The van der Waals surface area contributed by atoms with Crippen molar-refractivity contribution in [3.8, 4) is 0 Å². The molecule has 0 amide bonds. The summed E-state index contributed by atoms with van der Waals surface area (Å²) >= 11 is 1.72. The summed E-state index contributed by atoms with van der Waals surface area (Å²) in [5.74, 6) is 0.871. The second-order valence-corrected chi connectivity index (χ2v) is 4.29. The normalized spacial score (nSPS) is 13.7. The summed E-state index contributed by atoms with van der Waals surface area (Å²) in [6.45, 7) is 5.14. The molecule has 0 aliphatic carbocycles. The fourth-order valence-electron chi connectivity index (χ4n) is 1.11. The van der Waals surface area contributed by atoms with Crippen LogP contribution in [0.1, 0.15) is 25.8 Å². The van der Waals surface area contributed by atoms with E-state index in [9.17, 15) is 0 Å². The van der Waals surface area contributed by atoms with E-state index in [1.807, 2.05) is 0 Å². The van der Waals surface area contributed by atoms with Crippen LogP contribution < -0.4 is 10.6 Å². The molecule has 1 aromatic heterocycles. The molecule has 0 saturated carbocycles. The summed E-state index contributed by atoms with van der Waals surface area (Å²) < 4.78 is 0. The van der Waals surface area contributed by atoms with Crippen molar-refractivity contribution in [3.05, 3.63) is 22.4 Å². The van der Waals surface area contributed by atoms with Gasteiger partial charge in [0, 0.05) is 19.6 Å². The third kappa shape index (κ3) is 4.34. The van der Waals surface area contributed by atoms with Gasteiger partial charge in [-0.25, -0.2) is 0 Å². The number of thiophene rings is 1. The van der Waals surface area contributed by atoms with Gasteiger partial charge in [-0.2, -0.15) is 11.3 Å². The maximum atomic E-state index is 4.17. The van der Waals surface area contributed by atoms with Crippen LogP contribution in [0.25, 0.3) is 0 Å². The van der Waals surface area contributed by atoms with E-state index in [4.69, 9.17) is 0 Å². The molecule has 0 spiro atoms. The Kier molecular flexibility index (Phi) is 5.18. The SMILES string of the molecule is CCC(C)NC(=NC)NCc1ccsc1. The van der Waals surface area contributed by atoms with Gasteiger partial charge in [0.05, 0.1) is 0 Å². The minimum Gasteiger partial charge on any atom is -0.354 e. The molecule has 1 heterocycles. The van der Waals surface area contributed by atoms with Crippen LogP contribution >= 0.6 is 11.3 Å². The second kappa shape index (κ2) is 6.45. The maximum absolute atomic E-state index is 4.17. The molecule has 0 radical (unpaired) electrons. The van der Waals surface area contributed by atoms with Crippen molar-refractivity contribution in [2.45, 2.75) is 32.9 Å². The van der Waals surface area contributed by atoms with Crippen molar-refractivity contribution in [1.82, 2.24) is 10.6 Å². The highest BCUT2D eigenvalue weighted by atomic mass is 32.1. The van der Waals surface area contributed by atoms with Gasteiger partial charge < -0.3 is 10.6 Å². The predicted octanol–water partition coefficient (Wildman–Crippen LogP) is 2.21. The molecule has 0 aliphatic rings. The number of hydrogen-bond donors (Lipinski definition) is 2. The molecule has 0 saturated heterocycles. The van der Waals surface area contributed by atoms with Crippen LogP contribution in [0.5, 0.6) is 0 Å². The quantitative estimate of drug-likeness (QED) is 0.609. The van der Waals surface area contributed by atoms with Gasteiger partial charge in [0.2, 0.25) is 0 Å². The summed E-state index contributed by atoms with van der Waals surface area (Å²) in [6.07, 6.45) is 1.10. The molecular formula is C11H19N3S. The van der Waals surface area contributed by atoms with E-state index in [1.165, 1.54) is 5.56 Å². The molecule has 84 valence electrons. The molecule has 0 aromatic carbocycles. The lowest BCUT2D eigenvalue weighted by Gasteiger charge is -2.15. The standard InChI is InChI=1S/C11H19N3S/c1-4-9(2)14-11(12-3)13-7-10-5-6-15-8-10/h5-6,8-9H,4,7H2,1-3H3,(H2,12,13,14). The van der Waals surface area contributed by atoms with Crippen LogP contribution in [0.2, 0.25) is 0 Å². The van der Waals surface area contributed by atoms with Gasteiger partial charge in [-0.3, -0.25) is 4.99 Å². The Balaban J connectivity index is 2.35. The van der Waals surface area contributed by atoms with Gasteiger partial charge in [0.15, 0.2) is 5.96 Å². The average molecular weight is 225 g/mol. The van der Waals surface area contributed by atoms with Crippen molar-refractivity contribution in [2.24, 2.45) is 4.99 Å². The Morgan fingerprint density at radius 2 is 2.40 bits per heavy atom. The molecular weight excluding hydrogens is 206 g/mol.